The second-order valence-corrected chi connectivity index (χ2v) is 5.61. The van der Waals surface area contributed by atoms with Crippen molar-refractivity contribution in [1.82, 2.24) is 4.90 Å². The molecule has 1 amide bonds. The smallest absolute Gasteiger partial charge is 0.254 e. The Morgan fingerprint density at radius 2 is 2.10 bits per heavy atom. The van der Waals surface area contributed by atoms with E-state index in [4.69, 9.17) is 10.9 Å². The molecular formula is C15H19N3O2. The SMILES string of the molecule is NC(=NO)[C@@H]1CC[C@@H]2CCc3ccccc3C(=O)N2C1. The average molecular weight is 273 g/mol. The number of nitrogens with two attached hydrogens (primary N) is 1. The molecule has 106 valence electrons. The Labute approximate surface area is 118 Å². The quantitative estimate of drug-likeness (QED) is 0.353. The molecule has 1 saturated heterocycles. The molecule has 2 aliphatic rings. The number of benzene rings is 1. The molecule has 2 atom stereocenters. The Morgan fingerprint density at radius 1 is 1.30 bits per heavy atom. The number of carbonyl (C=O) groups is 1. The molecule has 5 heteroatoms. The van der Waals surface area contributed by atoms with E-state index >= 15 is 0 Å². The first-order valence-electron chi connectivity index (χ1n) is 7.07. The van der Waals surface area contributed by atoms with E-state index in [0.29, 0.717) is 6.54 Å². The molecule has 1 aromatic rings. The van der Waals surface area contributed by atoms with Crippen molar-refractivity contribution in [3.8, 4) is 0 Å². The summed E-state index contributed by atoms with van der Waals surface area (Å²) in [5.41, 5.74) is 7.64. The number of carbonyl (C=O) groups excluding carboxylic acids is 1. The third-order valence-corrected chi connectivity index (χ3v) is 4.50. The lowest BCUT2D eigenvalue weighted by Crippen LogP contribution is -2.49. The van der Waals surface area contributed by atoms with Crippen LogP contribution in [0.1, 0.15) is 35.2 Å². The number of amides is 1. The van der Waals surface area contributed by atoms with Crippen LogP contribution < -0.4 is 5.73 Å². The fraction of sp³-hybridized carbons (Fsp3) is 0.467. The molecule has 2 aliphatic heterocycles. The van der Waals surface area contributed by atoms with Gasteiger partial charge in [0, 0.05) is 24.1 Å². The third kappa shape index (κ3) is 2.13. The van der Waals surface area contributed by atoms with Crippen LogP contribution in [0.4, 0.5) is 0 Å². The zero-order valence-corrected chi connectivity index (χ0v) is 11.3. The van der Waals surface area contributed by atoms with Crippen molar-refractivity contribution < 1.29 is 10.0 Å². The van der Waals surface area contributed by atoms with Crippen molar-refractivity contribution in [2.75, 3.05) is 6.54 Å². The van der Waals surface area contributed by atoms with Crippen molar-refractivity contribution in [1.29, 1.82) is 0 Å². The Morgan fingerprint density at radius 3 is 2.90 bits per heavy atom. The van der Waals surface area contributed by atoms with Crippen molar-refractivity contribution in [3.63, 3.8) is 0 Å². The molecule has 1 aromatic carbocycles. The Kier molecular flexibility index (Phi) is 3.34. The van der Waals surface area contributed by atoms with E-state index in [1.165, 1.54) is 0 Å². The number of oxime groups is 1. The lowest BCUT2D eigenvalue weighted by atomic mass is 9.90. The first kappa shape index (κ1) is 13.0. The summed E-state index contributed by atoms with van der Waals surface area (Å²) in [6.07, 6.45) is 3.73. The monoisotopic (exact) mass is 273 g/mol. The summed E-state index contributed by atoms with van der Waals surface area (Å²) in [6.45, 7) is 0.549. The predicted octanol–water partition coefficient (Wildman–Crippen LogP) is 1.60. The van der Waals surface area contributed by atoms with E-state index in [1.807, 2.05) is 29.2 Å². The van der Waals surface area contributed by atoms with Gasteiger partial charge < -0.3 is 15.8 Å². The van der Waals surface area contributed by atoms with Crippen molar-refractivity contribution in [2.45, 2.75) is 31.7 Å². The zero-order valence-electron chi connectivity index (χ0n) is 11.3. The third-order valence-electron chi connectivity index (χ3n) is 4.50. The van der Waals surface area contributed by atoms with Gasteiger partial charge in [0.05, 0.1) is 0 Å². The number of nitrogens with zero attached hydrogens (tertiary/aromatic N) is 2. The molecule has 0 radical (unpaired) electrons. The molecule has 0 bridgehead atoms. The first-order chi connectivity index (χ1) is 9.70. The molecule has 0 aliphatic carbocycles. The van der Waals surface area contributed by atoms with Crippen molar-refractivity contribution in [2.24, 2.45) is 16.8 Å². The topological polar surface area (TPSA) is 78.9 Å². The highest BCUT2D eigenvalue weighted by atomic mass is 16.4. The lowest BCUT2D eigenvalue weighted by molar-refractivity contribution is 0.0578. The lowest BCUT2D eigenvalue weighted by Gasteiger charge is -2.38. The molecule has 5 nitrogen and oxygen atoms in total. The molecule has 20 heavy (non-hydrogen) atoms. The summed E-state index contributed by atoms with van der Waals surface area (Å²) in [5, 5.41) is 11.9. The molecule has 3 rings (SSSR count). The maximum absolute atomic E-state index is 12.7. The molecule has 0 saturated carbocycles. The van der Waals surface area contributed by atoms with Crippen molar-refractivity contribution in [3.05, 3.63) is 35.4 Å². The Hall–Kier alpha value is -2.04. The van der Waals surface area contributed by atoms with Crippen LogP contribution >= 0.6 is 0 Å². The van der Waals surface area contributed by atoms with E-state index in [1.54, 1.807) is 0 Å². The van der Waals surface area contributed by atoms with E-state index in [-0.39, 0.29) is 23.7 Å². The molecule has 3 N–H and O–H groups in total. The van der Waals surface area contributed by atoms with E-state index < -0.39 is 0 Å². The molecule has 1 fully saturated rings. The predicted molar refractivity (Wildman–Crippen MR) is 75.7 cm³/mol. The molecule has 0 aromatic heterocycles. The normalized spacial score (nSPS) is 26.7. The summed E-state index contributed by atoms with van der Waals surface area (Å²) in [5.74, 6) is 0.276. The van der Waals surface area contributed by atoms with Crippen LogP contribution in [0.5, 0.6) is 0 Å². The zero-order chi connectivity index (χ0) is 14.1. The van der Waals surface area contributed by atoms with Gasteiger partial charge in [0.15, 0.2) is 0 Å². The summed E-state index contributed by atoms with van der Waals surface area (Å²) in [7, 11) is 0. The van der Waals surface area contributed by atoms with Gasteiger partial charge >= 0.3 is 0 Å². The summed E-state index contributed by atoms with van der Waals surface area (Å²) >= 11 is 0. The minimum absolute atomic E-state index is 0.0366. The second-order valence-electron chi connectivity index (χ2n) is 5.61. The number of amidine groups is 1. The Balaban J connectivity index is 1.90. The van der Waals surface area contributed by atoms with Crippen LogP contribution in [0.2, 0.25) is 0 Å². The van der Waals surface area contributed by atoms with Gasteiger partial charge in [0.1, 0.15) is 5.84 Å². The number of fused-ring (bicyclic) bond motifs is 2. The number of rotatable bonds is 1. The highest BCUT2D eigenvalue weighted by Gasteiger charge is 2.36. The number of aryl methyl sites for hydroxylation is 1. The summed E-state index contributed by atoms with van der Waals surface area (Å²) in [6, 6.07) is 8.09. The highest BCUT2D eigenvalue weighted by Crippen LogP contribution is 2.30. The summed E-state index contributed by atoms with van der Waals surface area (Å²) < 4.78 is 0. The maximum atomic E-state index is 12.7. The van der Waals surface area contributed by atoms with Crippen LogP contribution in [0.15, 0.2) is 29.4 Å². The van der Waals surface area contributed by atoms with Crippen LogP contribution in [0.25, 0.3) is 0 Å². The average Bonchev–Trinajstić information content (AvgIpc) is 2.64. The number of piperidine rings is 1. The van der Waals surface area contributed by atoms with Crippen LogP contribution in [-0.2, 0) is 6.42 Å². The Bertz CT molecular complexity index is 556. The van der Waals surface area contributed by atoms with E-state index in [0.717, 1.165) is 36.8 Å². The van der Waals surface area contributed by atoms with Crippen LogP contribution in [0.3, 0.4) is 0 Å². The second kappa shape index (κ2) is 5.15. The van der Waals surface area contributed by atoms with Crippen molar-refractivity contribution >= 4 is 11.7 Å². The standard InChI is InChI=1S/C15H19N3O2/c16-14(17-20)11-6-8-12-7-5-10-3-1-2-4-13(10)15(19)18(12)9-11/h1-4,11-12,20H,5-9H2,(H2,16,17)/t11-,12+/m1/s1. The molecule has 0 spiro atoms. The first-order valence-corrected chi connectivity index (χ1v) is 7.07. The molecular weight excluding hydrogens is 254 g/mol. The van der Waals surface area contributed by atoms with Gasteiger partial charge in [-0.1, -0.05) is 23.4 Å². The number of hydrogen-bond acceptors (Lipinski definition) is 3. The van der Waals surface area contributed by atoms with Gasteiger partial charge in [0.2, 0.25) is 0 Å². The fourth-order valence-electron chi connectivity index (χ4n) is 3.32. The number of hydrogen-bond donors (Lipinski definition) is 2. The van der Waals surface area contributed by atoms with Crippen LogP contribution in [-0.4, -0.2) is 34.4 Å². The molecule has 2 heterocycles. The minimum atomic E-state index is -0.0366. The van der Waals surface area contributed by atoms with Gasteiger partial charge in [-0.2, -0.15) is 0 Å². The van der Waals surface area contributed by atoms with E-state index in [2.05, 4.69) is 5.16 Å². The summed E-state index contributed by atoms with van der Waals surface area (Å²) in [4.78, 5) is 14.6. The van der Waals surface area contributed by atoms with Gasteiger partial charge in [-0.15, -0.1) is 0 Å². The minimum Gasteiger partial charge on any atom is -0.409 e. The fourth-order valence-corrected chi connectivity index (χ4v) is 3.32. The van der Waals surface area contributed by atoms with Gasteiger partial charge in [-0.3, -0.25) is 4.79 Å². The largest absolute Gasteiger partial charge is 0.409 e. The van der Waals surface area contributed by atoms with E-state index in [9.17, 15) is 4.79 Å². The van der Waals surface area contributed by atoms with Gasteiger partial charge in [-0.05, 0) is 37.3 Å². The van der Waals surface area contributed by atoms with Gasteiger partial charge in [-0.25, -0.2) is 0 Å². The highest BCUT2D eigenvalue weighted by molar-refractivity contribution is 5.97. The van der Waals surface area contributed by atoms with Gasteiger partial charge in [0.25, 0.3) is 5.91 Å². The van der Waals surface area contributed by atoms with Crippen LogP contribution in [0, 0.1) is 5.92 Å². The molecule has 0 unspecified atom stereocenters. The maximum Gasteiger partial charge on any atom is 0.254 e.